The van der Waals surface area contributed by atoms with Gasteiger partial charge in [-0.3, -0.25) is 0 Å². The summed E-state index contributed by atoms with van der Waals surface area (Å²) in [7, 11) is 1.28. The van der Waals surface area contributed by atoms with E-state index in [0.29, 0.717) is 17.0 Å². The molecule has 0 aliphatic carbocycles. The summed E-state index contributed by atoms with van der Waals surface area (Å²) in [5, 5.41) is -0.0340. The zero-order valence-corrected chi connectivity index (χ0v) is 12.0. The number of anilines is 1. The van der Waals surface area contributed by atoms with Gasteiger partial charge < -0.3 is 15.2 Å². The van der Waals surface area contributed by atoms with E-state index in [0.717, 1.165) is 0 Å². The number of nitrogens with two attached hydrogens (primary N) is 1. The Balaban J connectivity index is 2.22. The maximum absolute atomic E-state index is 13.1. The first-order chi connectivity index (χ1) is 10.0. The van der Waals surface area contributed by atoms with Gasteiger partial charge in [0, 0.05) is 17.3 Å². The summed E-state index contributed by atoms with van der Waals surface area (Å²) in [5.74, 6) is -0.674. The zero-order chi connectivity index (χ0) is 15.4. The van der Waals surface area contributed by atoms with Crippen LogP contribution in [0, 0.1) is 5.82 Å². The summed E-state index contributed by atoms with van der Waals surface area (Å²) >= 11 is 5.68. The van der Waals surface area contributed by atoms with Crippen LogP contribution in [-0.4, -0.2) is 13.1 Å². The van der Waals surface area contributed by atoms with Crippen LogP contribution in [-0.2, 0) is 11.3 Å². The molecule has 0 aliphatic rings. The van der Waals surface area contributed by atoms with Crippen molar-refractivity contribution in [1.29, 1.82) is 0 Å². The van der Waals surface area contributed by atoms with Gasteiger partial charge in [0.15, 0.2) is 0 Å². The molecule has 2 rings (SSSR count). The lowest BCUT2D eigenvalue weighted by molar-refractivity contribution is 0.0599. The smallest absolute Gasteiger partial charge is 0.340 e. The first-order valence-electron chi connectivity index (χ1n) is 6.06. The Morgan fingerprint density at radius 1 is 1.33 bits per heavy atom. The van der Waals surface area contributed by atoms with Gasteiger partial charge in [-0.05, 0) is 18.2 Å². The Labute approximate surface area is 126 Å². The zero-order valence-electron chi connectivity index (χ0n) is 11.2. The maximum Gasteiger partial charge on any atom is 0.340 e. The van der Waals surface area contributed by atoms with E-state index < -0.39 is 11.8 Å². The molecule has 0 radical (unpaired) electrons. The molecule has 0 unspecified atom stereocenters. The third kappa shape index (κ3) is 3.44. The average molecular weight is 310 g/mol. The molecule has 2 N–H and O–H groups in total. The molecule has 2 aromatic carbocycles. The second-order valence-electron chi connectivity index (χ2n) is 4.24. The predicted molar refractivity (Wildman–Crippen MR) is 77.9 cm³/mol. The monoisotopic (exact) mass is 309 g/mol. The van der Waals surface area contributed by atoms with E-state index in [4.69, 9.17) is 26.8 Å². The van der Waals surface area contributed by atoms with Crippen LogP contribution in [0.15, 0.2) is 36.4 Å². The van der Waals surface area contributed by atoms with Crippen LogP contribution in [0.4, 0.5) is 10.1 Å². The van der Waals surface area contributed by atoms with Crippen LogP contribution < -0.4 is 10.5 Å². The van der Waals surface area contributed by atoms with Crippen molar-refractivity contribution in [3.8, 4) is 5.75 Å². The number of hydrogen-bond acceptors (Lipinski definition) is 4. The molecule has 110 valence electrons. The molecule has 0 spiro atoms. The fraction of sp³-hybridized carbons (Fsp3) is 0.133. The van der Waals surface area contributed by atoms with E-state index in [1.807, 2.05) is 0 Å². The predicted octanol–water partition coefficient (Wildman–Crippen LogP) is 3.43. The molecule has 4 nitrogen and oxygen atoms in total. The number of esters is 1. The summed E-state index contributed by atoms with van der Waals surface area (Å²) in [5.41, 5.74) is 6.92. The summed E-state index contributed by atoms with van der Waals surface area (Å²) in [6, 6.07) is 9.03. The fourth-order valence-corrected chi connectivity index (χ4v) is 1.99. The van der Waals surface area contributed by atoms with E-state index in [2.05, 4.69) is 0 Å². The van der Waals surface area contributed by atoms with Crippen molar-refractivity contribution in [2.45, 2.75) is 6.61 Å². The van der Waals surface area contributed by atoms with E-state index >= 15 is 0 Å². The molecule has 0 amide bonds. The van der Waals surface area contributed by atoms with Crippen molar-refractivity contribution in [2.24, 2.45) is 0 Å². The molecule has 0 heterocycles. The Morgan fingerprint density at radius 3 is 2.76 bits per heavy atom. The van der Waals surface area contributed by atoms with Crippen molar-refractivity contribution >= 4 is 23.3 Å². The molecule has 6 heteroatoms. The first-order valence-corrected chi connectivity index (χ1v) is 6.44. The third-order valence-corrected chi connectivity index (χ3v) is 3.15. The lowest BCUT2D eigenvalue weighted by Gasteiger charge is -2.12. The molecular formula is C15H13ClFNO3. The number of carbonyl (C=O) groups is 1. The van der Waals surface area contributed by atoms with Crippen LogP contribution in [0.25, 0.3) is 0 Å². The standard InChI is InChI=1S/C15H13ClFNO3/c1-20-15(19)14-9(3-2-4-13(14)18)8-21-10-5-6-12(17)11(16)7-10/h2-7H,8,18H2,1H3. The summed E-state index contributed by atoms with van der Waals surface area (Å²) in [4.78, 5) is 11.7. The first kappa shape index (κ1) is 15.1. The molecule has 0 saturated carbocycles. The third-order valence-electron chi connectivity index (χ3n) is 2.86. The molecular weight excluding hydrogens is 297 g/mol. The van der Waals surface area contributed by atoms with E-state index in [-0.39, 0.29) is 17.2 Å². The SMILES string of the molecule is COC(=O)c1c(N)cccc1COc1ccc(F)c(Cl)c1. The van der Waals surface area contributed by atoms with Crippen molar-refractivity contribution in [2.75, 3.05) is 12.8 Å². The minimum Gasteiger partial charge on any atom is -0.489 e. The lowest BCUT2D eigenvalue weighted by Crippen LogP contribution is -2.11. The number of benzene rings is 2. The van der Waals surface area contributed by atoms with Crippen LogP contribution in [0.5, 0.6) is 5.75 Å². The lowest BCUT2D eigenvalue weighted by atomic mass is 10.1. The number of hydrogen-bond donors (Lipinski definition) is 1. The quantitative estimate of drug-likeness (QED) is 0.694. The van der Waals surface area contributed by atoms with E-state index in [9.17, 15) is 9.18 Å². The highest BCUT2D eigenvalue weighted by Crippen LogP contribution is 2.24. The summed E-state index contributed by atoms with van der Waals surface area (Å²) in [6.45, 7) is 0.0808. The minimum atomic E-state index is -0.538. The van der Waals surface area contributed by atoms with Crippen LogP contribution in [0.1, 0.15) is 15.9 Å². The van der Waals surface area contributed by atoms with Gasteiger partial charge >= 0.3 is 5.97 Å². The van der Waals surface area contributed by atoms with E-state index in [1.54, 1.807) is 18.2 Å². The molecule has 0 aromatic heterocycles. The minimum absolute atomic E-state index is 0.0340. The second-order valence-corrected chi connectivity index (χ2v) is 4.64. The number of carbonyl (C=O) groups excluding carboxylic acids is 1. The molecule has 2 aromatic rings. The van der Waals surface area contributed by atoms with Gasteiger partial charge in [0.1, 0.15) is 18.2 Å². The number of nitrogen functional groups attached to an aromatic ring is 1. The molecule has 0 atom stereocenters. The largest absolute Gasteiger partial charge is 0.489 e. The second kappa shape index (κ2) is 6.45. The molecule has 21 heavy (non-hydrogen) atoms. The van der Waals surface area contributed by atoms with Gasteiger partial charge in [0.25, 0.3) is 0 Å². The Bertz CT molecular complexity index is 676. The van der Waals surface area contributed by atoms with Crippen molar-refractivity contribution in [1.82, 2.24) is 0 Å². The summed E-state index contributed by atoms with van der Waals surface area (Å²) in [6.07, 6.45) is 0. The highest BCUT2D eigenvalue weighted by molar-refractivity contribution is 6.30. The summed E-state index contributed by atoms with van der Waals surface area (Å²) < 4.78 is 23.3. The van der Waals surface area contributed by atoms with Gasteiger partial charge in [-0.15, -0.1) is 0 Å². The van der Waals surface area contributed by atoms with Gasteiger partial charge in [0.2, 0.25) is 0 Å². The normalized spacial score (nSPS) is 10.2. The molecule has 0 saturated heterocycles. The van der Waals surface area contributed by atoms with Gasteiger partial charge in [-0.1, -0.05) is 23.7 Å². The number of methoxy groups -OCH3 is 1. The molecule has 0 fully saturated rings. The Morgan fingerprint density at radius 2 is 2.10 bits per heavy atom. The van der Waals surface area contributed by atoms with Gasteiger partial charge in [0.05, 0.1) is 17.7 Å². The van der Waals surface area contributed by atoms with Crippen LogP contribution in [0.3, 0.4) is 0 Å². The van der Waals surface area contributed by atoms with E-state index in [1.165, 1.54) is 25.3 Å². The fourth-order valence-electron chi connectivity index (χ4n) is 1.82. The topological polar surface area (TPSA) is 61.5 Å². The number of ether oxygens (including phenoxy) is 2. The van der Waals surface area contributed by atoms with Crippen molar-refractivity contribution in [3.05, 3.63) is 58.4 Å². The number of rotatable bonds is 4. The molecule has 0 aliphatic heterocycles. The van der Waals surface area contributed by atoms with Crippen molar-refractivity contribution < 1.29 is 18.7 Å². The van der Waals surface area contributed by atoms with Crippen molar-refractivity contribution in [3.63, 3.8) is 0 Å². The number of halogens is 2. The Hall–Kier alpha value is -2.27. The Kier molecular flexibility index (Phi) is 4.65. The highest BCUT2D eigenvalue weighted by atomic mass is 35.5. The average Bonchev–Trinajstić information content (AvgIpc) is 2.48. The van der Waals surface area contributed by atoms with Crippen LogP contribution in [0.2, 0.25) is 5.02 Å². The highest BCUT2D eigenvalue weighted by Gasteiger charge is 2.15. The van der Waals surface area contributed by atoms with Gasteiger partial charge in [-0.2, -0.15) is 0 Å². The van der Waals surface area contributed by atoms with Gasteiger partial charge in [-0.25, -0.2) is 9.18 Å². The maximum atomic E-state index is 13.1. The molecule has 0 bridgehead atoms. The van der Waals surface area contributed by atoms with Crippen LogP contribution >= 0.6 is 11.6 Å².